The van der Waals surface area contributed by atoms with Crippen LogP contribution in [0.1, 0.15) is 24.5 Å². The zero-order valence-electron chi connectivity index (χ0n) is 13.6. The van der Waals surface area contributed by atoms with Crippen LogP contribution in [-0.4, -0.2) is 61.6 Å². The van der Waals surface area contributed by atoms with Gasteiger partial charge in [0.1, 0.15) is 0 Å². The molecular weight excluding hydrogens is 300 g/mol. The van der Waals surface area contributed by atoms with E-state index in [1.807, 2.05) is 32.9 Å². The molecular formula is C16H26N2O3S. The smallest absolute Gasteiger partial charge is 0.243 e. The fraction of sp³-hybridized carbons (Fsp3) is 0.625. The Morgan fingerprint density at radius 3 is 2.36 bits per heavy atom. The number of sulfonamides is 1. The summed E-state index contributed by atoms with van der Waals surface area (Å²) >= 11 is 0. The Morgan fingerprint density at radius 2 is 1.82 bits per heavy atom. The lowest BCUT2D eigenvalue weighted by atomic mass is 10.2. The van der Waals surface area contributed by atoms with Crippen LogP contribution in [0, 0.1) is 13.8 Å². The zero-order chi connectivity index (χ0) is 16.3. The van der Waals surface area contributed by atoms with E-state index in [-0.39, 0.29) is 12.6 Å². The lowest BCUT2D eigenvalue weighted by molar-refractivity contribution is 0.0881. The predicted molar refractivity (Wildman–Crippen MR) is 87.4 cm³/mol. The molecule has 0 saturated carbocycles. The highest BCUT2D eigenvalue weighted by Crippen LogP contribution is 2.23. The topological polar surface area (TPSA) is 60.9 Å². The molecule has 124 valence electrons. The van der Waals surface area contributed by atoms with Crippen LogP contribution in [0.15, 0.2) is 23.1 Å². The first-order chi connectivity index (χ1) is 10.4. The van der Waals surface area contributed by atoms with Crippen LogP contribution in [0.2, 0.25) is 0 Å². The summed E-state index contributed by atoms with van der Waals surface area (Å²) in [7, 11) is -3.43. The standard InChI is InChI=1S/C16H26N2O3S/c1-4-15(12-19)17-7-9-18(10-8-17)22(20,21)16-11-13(2)5-6-14(16)3/h5-6,11,15,19H,4,7-10,12H2,1-3H3. The van der Waals surface area contributed by atoms with Crippen molar-refractivity contribution in [2.75, 3.05) is 32.8 Å². The Morgan fingerprint density at radius 1 is 1.18 bits per heavy atom. The number of nitrogens with zero attached hydrogens (tertiary/aromatic N) is 2. The van der Waals surface area contributed by atoms with E-state index in [0.29, 0.717) is 31.1 Å². The molecule has 22 heavy (non-hydrogen) atoms. The molecule has 0 radical (unpaired) electrons. The summed E-state index contributed by atoms with van der Waals surface area (Å²) in [6, 6.07) is 5.67. The number of rotatable bonds is 5. The third-order valence-electron chi connectivity index (χ3n) is 4.43. The summed E-state index contributed by atoms with van der Waals surface area (Å²) in [4.78, 5) is 2.59. The molecule has 1 aliphatic rings. The number of benzene rings is 1. The van der Waals surface area contributed by atoms with Crippen LogP contribution < -0.4 is 0 Å². The Hall–Kier alpha value is -0.950. The molecule has 5 nitrogen and oxygen atoms in total. The molecule has 1 aliphatic heterocycles. The van der Waals surface area contributed by atoms with Gasteiger partial charge in [-0.15, -0.1) is 0 Å². The first-order valence-electron chi connectivity index (χ1n) is 7.82. The van der Waals surface area contributed by atoms with Crippen molar-refractivity contribution in [1.82, 2.24) is 9.21 Å². The first-order valence-corrected chi connectivity index (χ1v) is 9.26. The second-order valence-corrected chi connectivity index (χ2v) is 7.86. The van der Waals surface area contributed by atoms with E-state index in [1.54, 1.807) is 10.4 Å². The van der Waals surface area contributed by atoms with Gasteiger partial charge in [-0.1, -0.05) is 19.1 Å². The molecule has 0 aliphatic carbocycles. The largest absolute Gasteiger partial charge is 0.395 e. The van der Waals surface area contributed by atoms with Gasteiger partial charge >= 0.3 is 0 Å². The molecule has 1 saturated heterocycles. The average molecular weight is 326 g/mol. The molecule has 1 fully saturated rings. The summed E-state index contributed by atoms with van der Waals surface area (Å²) in [6.07, 6.45) is 0.875. The predicted octanol–water partition coefficient (Wildman–Crippen LogP) is 1.38. The second-order valence-electron chi connectivity index (χ2n) is 5.95. The minimum atomic E-state index is -3.43. The molecule has 2 rings (SSSR count). The van der Waals surface area contributed by atoms with Gasteiger partial charge in [-0.05, 0) is 37.5 Å². The lowest BCUT2D eigenvalue weighted by Gasteiger charge is -2.38. The van der Waals surface area contributed by atoms with E-state index in [1.165, 1.54) is 0 Å². The third-order valence-corrected chi connectivity index (χ3v) is 6.47. The van der Waals surface area contributed by atoms with Crippen LogP contribution in [0.25, 0.3) is 0 Å². The van der Waals surface area contributed by atoms with Gasteiger partial charge in [0, 0.05) is 32.2 Å². The van der Waals surface area contributed by atoms with Gasteiger partial charge in [-0.25, -0.2) is 8.42 Å². The van der Waals surface area contributed by atoms with Gasteiger partial charge in [0.25, 0.3) is 0 Å². The van der Waals surface area contributed by atoms with Gasteiger partial charge in [0.15, 0.2) is 0 Å². The Labute approximate surface area is 133 Å². The summed E-state index contributed by atoms with van der Waals surface area (Å²) in [5, 5.41) is 9.38. The Kier molecular flexibility index (Phi) is 5.60. The molecule has 0 aromatic heterocycles. The van der Waals surface area contributed by atoms with Crippen molar-refractivity contribution in [3.63, 3.8) is 0 Å². The number of hydrogen-bond donors (Lipinski definition) is 1. The van der Waals surface area contributed by atoms with Crippen molar-refractivity contribution in [3.8, 4) is 0 Å². The molecule has 6 heteroatoms. The maximum Gasteiger partial charge on any atom is 0.243 e. The number of aryl methyl sites for hydroxylation is 2. The summed E-state index contributed by atoms with van der Waals surface area (Å²) in [6.45, 7) is 8.20. The van der Waals surface area contributed by atoms with Gasteiger partial charge < -0.3 is 5.11 Å². The van der Waals surface area contributed by atoms with E-state index >= 15 is 0 Å². The molecule has 1 atom stereocenters. The highest BCUT2D eigenvalue weighted by Gasteiger charge is 2.31. The van der Waals surface area contributed by atoms with Crippen LogP contribution in [0.3, 0.4) is 0 Å². The van der Waals surface area contributed by atoms with E-state index in [4.69, 9.17) is 0 Å². The van der Waals surface area contributed by atoms with Crippen LogP contribution in [-0.2, 0) is 10.0 Å². The first kappa shape index (κ1) is 17.4. The van der Waals surface area contributed by atoms with Gasteiger partial charge in [-0.3, -0.25) is 4.90 Å². The quantitative estimate of drug-likeness (QED) is 0.888. The van der Waals surface area contributed by atoms with E-state index in [2.05, 4.69) is 4.90 Å². The summed E-state index contributed by atoms with van der Waals surface area (Å²) < 4.78 is 27.2. The van der Waals surface area contributed by atoms with Gasteiger partial charge in [0.2, 0.25) is 10.0 Å². The van der Waals surface area contributed by atoms with E-state index < -0.39 is 10.0 Å². The Balaban J connectivity index is 2.14. The maximum atomic E-state index is 12.8. The monoisotopic (exact) mass is 326 g/mol. The van der Waals surface area contributed by atoms with Crippen LogP contribution >= 0.6 is 0 Å². The van der Waals surface area contributed by atoms with Crippen molar-refractivity contribution < 1.29 is 13.5 Å². The summed E-state index contributed by atoms with van der Waals surface area (Å²) in [5.74, 6) is 0. The number of aliphatic hydroxyl groups is 1. The third kappa shape index (κ3) is 3.51. The summed E-state index contributed by atoms with van der Waals surface area (Å²) in [5.41, 5.74) is 1.74. The van der Waals surface area contributed by atoms with E-state index in [0.717, 1.165) is 17.5 Å². The normalized spacial score (nSPS) is 19.3. The van der Waals surface area contributed by atoms with E-state index in [9.17, 15) is 13.5 Å². The number of hydrogen-bond acceptors (Lipinski definition) is 4. The number of aliphatic hydroxyl groups excluding tert-OH is 1. The van der Waals surface area contributed by atoms with Crippen molar-refractivity contribution in [2.24, 2.45) is 0 Å². The molecule has 1 unspecified atom stereocenters. The van der Waals surface area contributed by atoms with Gasteiger partial charge in [-0.2, -0.15) is 4.31 Å². The highest BCUT2D eigenvalue weighted by molar-refractivity contribution is 7.89. The minimum Gasteiger partial charge on any atom is -0.395 e. The van der Waals surface area contributed by atoms with Crippen molar-refractivity contribution in [2.45, 2.75) is 38.1 Å². The molecule has 1 aromatic carbocycles. The molecule has 0 spiro atoms. The molecule has 1 aromatic rings. The van der Waals surface area contributed by atoms with Crippen LogP contribution in [0.4, 0.5) is 0 Å². The molecule has 1 heterocycles. The second kappa shape index (κ2) is 7.08. The molecule has 1 N–H and O–H groups in total. The van der Waals surface area contributed by atoms with Crippen molar-refractivity contribution in [1.29, 1.82) is 0 Å². The number of piperazine rings is 1. The minimum absolute atomic E-state index is 0.125. The van der Waals surface area contributed by atoms with Crippen molar-refractivity contribution >= 4 is 10.0 Å². The average Bonchev–Trinajstić information content (AvgIpc) is 2.51. The van der Waals surface area contributed by atoms with Gasteiger partial charge in [0.05, 0.1) is 11.5 Å². The SMILES string of the molecule is CCC(CO)N1CCN(S(=O)(=O)c2cc(C)ccc2C)CC1. The fourth-order valence-electron chi connectivity index (χ4n) is 2.94. The maximum absolute atomic E-state index is 12.8. The fourth-order valence-corrected chi connectivity index (χ4v) is 4.67. The van der Waals surface area contributed by atoms with Crippen molar-refractivity contribution in [3.05, 3.63) is 29.3 Å². The zero-order valence-corrected chi connectivity index (χ0v) is 14.4. The van der Waals surface area contributed by atoms with Crippen LogP contribution in [0.5, 0.6) is 0 Å². The highest BCUT2D eigenvalue weighted by atomic mass is 32.2. The molecule has 0 bridgehead atoms. The molecule has 0 amide bonds. The Bertz CT molecular complexity index is 604. The lowest BCUT2D eigenvalue weighted by Crippen LogP contribution is -2.52.